The van der Waals surface area contributed by atoms with Crippen LogP contribution in [-0.4, -0.2) is 24.8 Å². The van der Waals surface area contributed by atoms with Crippen LogP contribution in [0.5, 0.6) is 0 Å². The molecule has 2 saturated heterocycles. The smallest absolute Gasteiger partial charge is 0.0934 e. The average molecular weight is 127 g/mol. The average Bonchev–Trinajstić information content (AvgIpc) is 2.09. The second kappa shape index (κ2) is 1.70. The van der Waals surface area contributed by atoms with Crippen LogP contribution in [0.4, 0.5) is 0 Å². The fourth-order valence-electron chi connectivity index (χ4n) is 1.67. The minimum atomic E-state index is 0.277. The van der Waals surface area contributed by atoms with Gasteiger partial charge in [-0.25, -0.2) is 0 Å². The van der Waals surface area contributed by atoms with Gasteiger partial charge in [0.25, 0.3) is 0 Å². The summed E-state index contributed by atoms with van der Waals surface area (Å²) in [7, 11) is 0. The highest BCUT2D eigenvalue weighted by atomic mass is 16.5. The highest BCUT2D eigenvalue weighted by Crippen LogP contribution is 2.32. The van der Waals surface area contributed by atoms with Crippen molar-refractivity contribution in [2.24, 2.45) is 0 Å². The van der Waals surface area contributed by atoms with Gasteiger partial charge < -0.3 is 10.1 Å². The molecule has 2 nitrogen and oxygen atoms in total. The third-order valence-electron chi connectivity index (χ3n) is 2.35. The number of nitrogens with one attached hydrogen (secondary N) is 1. The summed E-state index contributed by atoms with van der Waals surface area (Å²) in [5.74, 6) is 0. The van der Waals surface area contributed by atoms with Gasteiger partial charge in [-0.3, -0.25) is 0 Å². The lowest BCUT2D eigenvalue weighted by Gasteiger charge is -2.38. The monoisotopic (exact) mass is 127 g/mol. The van der Waals surface area contributed by atoms with E-state index >= 15 is 0 Å². The highest BCUT2D eigenvalue weighted by molar-refractivity contribution is 4.98. The highest BCUT2D eigenvalue weighted by Gasteiger charge is 2.43. The van der Waals surface area contributed by atoms with E-state index in [0.29, 0.717) is 6.10 Å². The van der Waals surface area contributed by atoms with Gasteiger partial charge in [0.05, 0.1) is 11.7 Å². The first-order valence-electron chi connectivity index (χ1n) is 3.69. The molecule has 2 aliphatic heterocycles. The summed E-state index contributed by atoms with van der Waals surface area (Å²) < 4.78 is 5.72. The standard InChI is InChI=1S/C7H13NO/c1-6-2-3-7(9-6)4-8-5-7/h6,8H,2-5H2,1H3. The zero-order valence-corrected chi connectivity index (χ0v) is 5.81. The third kappa shape index (κ3) is 0.775. The molecule has 0 aromatic heterocycles. The van der Waals surface area contributed by atoms with Crippen molar-refractivity contribution in [2.45, 2.75) is 31.5 Å². The molecule has 0 saturated carbocycles. The Morgan fingerprint density at radius 1 is 1.56 bits per heavy atom. The Kier molecular flexibility index (Phi) is 1.08. The largest absolute Gasteiger partial charge is 0.369 e. The van der Waals surface area contributed by atoms with Gasteiger partial charge in [-0.2, -0.15) is 0 Å². The molecule has 2 fully saturated rings. The zero-order valence-electron chi connectivity index (χ0n) is 5.81. The predicted octanol–water partition coefficient (Wildman–Crippen LogP) is 0.527. The zero-order chi connectivity index (χ0) is 6.32. The lowest BCUT2D eigenvalue weighted by molar-refractivity contribution is -0.0671. The lowest BCUT2D eigenvalue weighted by atomic mass is 9.94. The van der Waals surface area contributed by atoms with Crippen molar-refractivity contribution in [1.82, 2.24) is 5.32 Å². The molecule has 0 bridgehead atoms. The van der Waals surface area contributed by atoms with Crippen molar-refractivity contribution < 1.29 is 4.74 Å². The summed E-state index contributed by atoms with van der Waals surface area (Å²) >= 11 is 0. The maximum absolute atomic E-state index is 5.72. The van der Waals surface area contributed by atoms with E-state index in [4.69, 9.17) is 4.74 Å². The van der Waals surface area contributed by atoms with Crippen molar-refractivity contribution in [3.63, 3.8) is 0 Å². The van der Waals surface area contributed by atoms with Crippen molar-refractivity contribution in [2.75, 3.05) is 13.1 Å². The molecular weight excluding hydrogens is 114 g/mol. The van der Waals surface area contributed by atoms with Crippen LogP contribution in [0.15, 0.2) is 0 Å². The second-order valence-corrected chi connectivity index (χ2v) is 3.25. The molecular formula is C7H13NO. The van der Waals surface area contributed by atoms with Gasteiger partial charge >= 0.3 is 0 Å². The van der Waals surface area contributed by atoms with Crippen molar-refractivity contribution in [3.05, 3.63) is 0 Å². The van der Waals surface area contributed by atoms with E-state index in [-0.39, 0.29) is 5.60 Å². The SMILES string of the molecule is CC1CCC2(CNC2)O1. The minimum Gasteiger partial charge on any atom is -0.369 e. The fraction of sp³-hybridized carbons (Fsp3) is 1.00. The normalized spacial score (nSPS) is 39.0. The van der Waals surface area contributed by atoms with Crippen LogP contribution < -0.4 is 5.32 Å². The molecule has 2 heteroatoms. The van der Waals surface area contributed by atoms with Gasteiger partial charge in [0.15, 0.2) is 0 Å². The van der Waals surface area contributed by atoms with Crippen LogP contribution in [0.2, 0.25) is 0 Å². The summed E-state index contributed by atoms with van der Waals surface area (Å²) in [5, 5.41) is 3.24. The van der Waals surface area contributed by atoms with Crippen LogP contribution in [0, 0.1) is 0 Å². The molecule has 1 spiro atoms. The summed E-state index contributed by atoms with van der Waals surface area (Å²) in [4.78, 5) is 0. The van der Waals surface area contributed by atoms with E-state index in [2.05, 4.69) is 12.2 Å². The second-order valence-electron chi connectivity index (χ2n) is 3.25. The fourth-order valence-corrected chi connectivity index (χ4v) is 1.67. The topological polar surface area (TPSA) is 21.3 Å². The molecule has 1 unspecified atom stereocenters. The van der Waals surface area contributed by atoms with E-state index < -0.39 is 0 Å². The van der Waals surface area contributed by atoms with Crippen LogP contribution >= 0.6 is 0 Å². The van der Waals surface area contributed by atoms with Crippen molar-refractivity contribution in [1.29, 1.82) is 0 Å². The van der Waals surface area contributed by atoms with E-state index in [1.54, 1.807) is 0 Å². The number of hydrogen-bond acceptors (Lipinski definition) is 2. The first-order chi connectivity index (χ1) is 4.31. The summed E-state index contributed by atoms with van der Waals surface area (Å²) in [5.41, 5.74) is 0.277. The van der Waals surface area contributed by atoms with E-state index in [1.165, 1.54) is 12.8 Å². The molecule has 1 atom stereocenters. The molecule has 2 heterocycles. The number of hydrogen-bond donors (Lipinski definition) is 1. The molecule has 0 aliphatic carbocycles. The summed E-state index contributed by atoms with van der Waals surface area (Å²) in [6.45, 7) is 4.32. The van der Waals surface area contributed by atoms with Gasteiger partial charge in [-0.05, 0) is 19.8 Å². The maximum atomic E-state index is 5.72. The quantitative estimate of drug-likeness (QED) is 0.512. The van der Waals surface area contributed by atoms with Crippen LogP contribution in [0.1, 0.15) is 19.8 Å². The first-order valence-corrected chi connectivity index (χ1v) is 3.69. The van der Waals surface area contributed by atoms with Crippen LogP contribution in [0.25, 0.3) is 0 Å². The molecule has 2 aliphatic rings. The van der Waals surface area contributed by atoms with E-state index in [9.17, 15) is 0 Å². The molecule has 0 radical (unpaired) electrons. The molecule has 0 amide bonds. The van der Waals surface area contributed by atoms with Crippen molar-refractivity contribution in [3.8, 4) is 0 Å². The Bertz CT molecular complexity index is 120. The molecule has 2 rings (SSSR count). The maximum Gasteiger partial charge on any atom is 0.0934 e. The summed E-state index contributed by atoms with van der Waals surface area (Å²) in [6.07, 6.45) is 3.02. The van der Waals surface area contributed by atoms with Gasteiger partial charge in [0, 0.05) is 13.1 Å². The molecule has 0 aromatic carbocycles. The van der Waals surface area contributed by atoms with Gasteiger partial charge in [0.2, 0.25) is 0 Å². The summed E-state index contributed by atoms with van der Waals surface area (Å²) in [6, 6.07) is 0. The lowest BCUT2D eigenvalue weighted by Crippen LogP contribution is -2.59. The molecule has 52 valence electrons. The Morgan fingerprint density at radius 3 is 2.56 bits per heavy atom. The van der Waals surface area contributed by atoms with Gasteiger partial charge in [0.1, 0.15) is 0 Å². The first kappa shape index (κ1) is 5.69. The Morgan fingerprint density at radius 2 is 2.33 bits per heavy atom. The predicted molar refractivity (Wildman–Crippen MR) is 35.4 cm³/mol. The Balaban J connectivity index is 1.99. The van der Waals surface area contributed by atoms with Crippen molar-refractivity contribution >= 4 is 0 Å². The molecule has 0 aromatic rings. The van der Waals surface area contributed by atoms with Crippen LogP contribution in [0.3, 0.4) is 0 Å². The van der Waals surface area contributed by atoms with E-state index in [1.807, 2.05) is 0 Å². The molecule has 9 heavy (non-hydrogen) atoms. The number of rotatable bonds is 0. The minimum absolute atomic E-state index is 0.277. The molecule has 1 N–H and O–H groups in total. The Labute approximate surface area is 55.6 Å². The van der Waals surface area contributed by atoms with Gasteiger partial charge in [-0.15, -0.1) is 0 Å². The Hall–Kier alpha value is -0.0800. The number of ether oxygens (including phenoxy) is 1. The third-order valence-corrected chi connectivity index (χ3v) is 2.35. The van der Waals surface area contributed by atoms with Crippen LogP contribution in [-0.2, 0) is 4.74 Å². The van der Waals surface area contributed by atoms with E-state index in [0.717, 1.165) is 13.1 Å². The van der Waals surface area contributed by atoms with Gasteiger partial charge in [-0.1, -0.05) is 0 Å².